The lowest BCUT2D eigenvalue weighted by Gasteiger charge is -2.12. The van der Waals surface area contributed by atoms with Crippen LogP contribution in [-0.4, -0.2) is 13.6 Å². The molecule has 1 aromatic heterocycles. The van der Waals surface area contributed by atoms with E-state index in [0.29, 0.717) is 11.3 Å². The van der Waals surface area contributed by atoms with Gasteiger partial charge < -0.3 is 10.3 Å². The van der Waals surface area contributed by atoms with Gasteiger partial charge >= 0.3 is 0 Å². The zero-order valence-corrected chi connectivity index (χ0v) is 11.7. The summed E-state index contributed by atoms with van der Waals surface area (Å²) in [6.07, 6.45) is 0. The van der Waals surface area contributed by atoms with Crippen molar-refractivity contribution in [3.63, 3.8) is 0 Å². The normalized spacial score (nSPS) is 11.5. The van der Waals surface area contributed by atoms with E-state index in [1.165, 1.54) is 6.07 Å². The number of benzene rings is 1. The van der Waals surface area contributed by atoms with Gasteiger partial charge in [0.1, 0.15) is 10.7 Å². The van der Waals surface area contributed by atoms with Crippen LogP contribution in [0.2, 0.25) is 0 Å². The molecule has 1 aromatic carbocycles. The molecule has 0 spiro atoms. The number of nitrogens with two attached hydrogens (primary N) is 1. The Balaban J connectivity index is 2.48. The largest absolute Gasteiger partial charge is 0.398 e. The lowest BCUT2D eigenvalue weighted by atomic mass is 10.1. The highest BCUT2D eigenvalue weighted by molar-refractivity contribution is 7.93. The quantitative estimate of drug-likeness (QED) is 0.838. The predicted octanol–water partition coefficient (Wildman–Crippen LogP) is 1.98. The van der Waals surface area contributed by atoms with Crippen molar-refractivity contribution in [2.24, 2.45) is 0 Å². The first-order valence-electron chi connectivity index (χ1n) is 5.63. The Hall–Kier alpha value is -2.02. The second kappa shape index (κ2) is 4.58. The lowest BCUT2D eigenvalue weighted by molar-refractivity contribution is 0.400. The molecule has 0 aliphatic heterocycles. The molecule has 0 amide bonds. The van der Waals surface area contributed by atoms with Crippen molar-refractivity contribution in [2.75, 3.05) is 10.5 Å². The van der Waals surface area contributed by atoms with Crippen molar-refractivity contribution in [3.8, 4) is 0 Å². The minimum Gasteiger partial charge on any atom is -0.398 e. The monoisotopic (exact) mass is 281 g/mol. The number of hydrogen-bond acceptors (Lipinski definition) is 5. The Bertz CT molecular complexity index is 720. The van der Waals surface area contributed by atoms with E-state index in [2.05, 4.69) is 9.88 Å². The van der Waals surface area contributed by atoms with Crippen LogP contribution in [0.5, 0.6) is 0 Å². The molecule has 2 aromatic rings. The Morgan fingerprint density at radius 2 is 1.95 bits per heavy atom. The van der Waals surface area contributed by atoms with Crippen molar-refractivity contribution in [1.82, 2.24) is 5.16 Å². The molecule has 102 valence electrons. The fourth-order valence-corrected chi connectivity index (χ4v) is 3.19. The van der Waals surface area contributed by atoms with Gasteiger partial charge in [-0.15, -0.1) is 0 Å². The van der Waals surface area contributed by atoms with Gasteiger partial charge in [-0.3, -0.25) is 4.72 Å². The molecule has 0 bridgehead atoms. The third-order valence-electron chi connectivity index (χ3n) is 2.84. The van der Waals surface area contributed by atoms with Gasteiger partial charge in [-0.25, -0.2) is 8.42 Å². The van der Waals surface area contributed by atoms with E-state index in [4.69, 9.17) is 10.3 Å². The smallest absolute Gasteiger partial charge is 0.265 e. The maximum absolute atomic E-state index is 12.3. The number of aromatic nitrogens is 1. The first-order valence-corrected chi connectivity index (χ1v) is 7.11. The fourth-order valence-electron chi connectivity index (χ4n) is 1.77. The standard InChI is InChI=1S/C12H15N3O3S/c1-7-4-5-10(13)12(9(7)3)19(16,17)15-11-6-8(2)18-14-11/h4-6H,13H2,1-3H3,(H,14,15). The molecule has 0 fully saturated rings. The van der Waals surface area contributed by atoms with Gasteiger partial charge in [0.05, 0.1) is 5.69 Å². The van der Waals surface area contributed by atoms with E-state index in [-0.39, 0.29) is 16.4 Å². The molecule has 0 unspecified atom stereocenters. The highest BCUT2D eigenvalue weighted by Crippen LogP contribution is 2.27. The number of aryl methyl sites for hydroxylation is 2. The minimum absolute atomic E-state index is 0.0770. The van der Waals surface area contributed by atoms with Gasteiger partial charge in [0.25, 0.3) is 10.0 Å². The number of nitrogen functional groups attached to an aromatic ring is 1. The van der Waals surface area contributed by atoms with Crippen LogP contribution in [0.15, 0.2) is 27.6 Å². The van der Waals surface area contributed by atoms with E-state index in [0.717, 1.165) is 5.56 Å². The van der Waals surface area contributed by atoms with Crippen LogP contribution in [0.1, 0.15) is 16.9 Å². The molecule has 7 heteroatoms. The van der Waals surface area contributed by atoms with Gasteiger partial charge in [0.15, 0.2) is 5.82 Å². The Labute approximate surface area is 111 Å². The molecular weight excluding hydrogens is 266 g/mol. The van der Waals surface area contributed by atoms with E-state index in [1.54, 1.807) is 26.0 Å². The Morgan fingerprint density at radius 3 is 2.53 bits per heavy atom. The van der Waals surface area contributed by atoms with Gasteiger partial charge in [-0.05, 0) is 38.0 Å². The summed E-state index contributed by atoms with van der Waals surface area (Å²) < 4.78 is 31.8. The summed E-state index contributed by atoms with van der Waals surface area (Å²) in [5.41, 5.74) is 7.45. The molecule has 0 aliphatic rings. The third-order valence-corrected chi connectivity index (χ3v) is 4.40. The number of hydrogen-bond donors (Lipinski definition) is 2. The average molecular weight is 281 g/mol. The van der Waals surface area contributed by atoms with Crippen LogP contribution in [-0.2, 0) is 10.0 Å². The number of nitrogens with zero attached hydrogens (tertiary/aromatic N) is 1. The molecule has 0 radical (unpaired) electrons. The van der Waals surface area contributed by atoms with Crippen molar-refractivity contribution in [2.45, 2.75) is 25.7 Å². The van der Waals surface area contributed by atoms with Crippen LogP contribution >= 0.6 is 0 Å². The number of nitrogens with one attached hydrogen (secondary N) is 1. The van der Waals surface area contributed by atoms with E-state index < -0.39 is 10.0 Å². The van der Waals surface area contributed by atoms with Gasteiger partial charge in [-0.1, -0.05) is 11.2 Å². The summed E-state index contributed by atoms with van der Waals surface area (Å²) in [5.74, 6) is 0.657. The first-order chi connectivity index (χ1) is 8.81. The van der Waals surface area contributed by atoms with Crippen molar-refractivity contribution in [1.29, 1.82) is 0 Å². The van der Waals surface area contributed by atoms with E-state index >= 15 is 0 Å². The highest BCUT2D eigenvalue weighted by atomic mass is 32.2. The van der Waals surface area contributed by atoms with Crippen molar-refractivity contribution >= 4 is 21.5 Å². The molecule has 0 saturated heterocycles. The highest BCUT2D eigenvalue weighted by Gasteiger charge is 2.22. The van der Waals surface area contributed by atoms with Crippen LogP contribution in [0.25, 0.3) is 0 Å². The van der Waals surface area contributed by atoms with Crippen LogP contribution in [0.3, 0.4) is 0 Å². The van der Waals surface area contributed by atoms with Crippen molar-refractivity contribution in [3.05, 3.63) is 35.1 Å². The molecule has 0 aliphatic carbocycles. The first kappa shape index (κ1) is 13.4. The lowest BCUT2D eigenvalue weighted by Crippen LogP contribution is -2.17. The van der Waals surface area contributed by atoms with E-state index in [1.807, 2.05) is 6.92 Å². The maximum atomic E-state index is 12.3. The zero-order chi connectivity index (χ0) is 14.2. The average Bonchev–Trinajstić information content (AvgIpc) is 2.68. The summed E-state index contributed by atoms with van der Waals surface area (Å²) in [5, 5.41) is 3.60. The summed E-state index contributed by atoms with van der Waals surface area (Å²) in [6, 6.07) is 4.85. The number of rotatable bonds is 3. The minimum atomic E-state index is -3.78. The Kier molecular flexibility index (Phi) is 3.23. The topological polar surface area (TPSA) is 98.2 Å². The van der Waals surface area contributed by atoms with Gasteiger partial charge in [0.2, 0.25) is 0 Å². The second-order valence-corrected chi connectivity index (χ2v) is 5.97. The van der Waals surface area contributed by atoms with Gasteiger partial charge in [0, 0.05) is 6.07 Å². The summed E-state index contributed by atoms with van der Waals surface area (Å²) in [7, 11) is -3.78. The fraction of sp³-hybridized carbons (Fsp3) is 0.250. The number of anilines is 2. The summed E-state index contributed by atoms with van der Waals surface area (Å²) in [4.78, 5) is 0.0770. The van der Waals surface area contributed by atoms with Crippen LogP contribution in [0.4, 0.5) is 11.5 Å². The van der Waals surface area contributed by atoms with Crippen LogP contribution in [0, 0.1) is 20.8 Å². The molecule has 3 N–H and O–H groups in total. The maximum Gasteiger partial charge on any atom is 0.265 e. The molecular formula is C12H15N3O3S. The van der Waals surface area contributed by atoms with Crippen LogP contribution < -0.4 is 10.5 Å². The zero-order valence-electron chi connectivity index (χ0n) is 10.9. The SMILES string of the molecule is Cc1cc(NS(=O)(=O)c2c(N)ccc(C)c2C)no1. The number of sulfonamides is 1. The molecule has 1 heterocycles. The third kappa shape index (κ3) is 2.55. The Morgan fingerprint density at radius 1 is 1.26 bits per heavy atom. The second-order valence-electron chi connectivity index (χ2n) is 4.35. The predicted molar refractivity (Wildman–Crippen MR) is 72.4 cm³/mol. The molecule has 0 saturated carbocycles. The summed E-state index contributed by atoms with van der Waals surface area (Å²) in [6.45, 7) is 5.22. The summed E-state index contributed by atoms with van der Waals surface area (Å²) >= 11 is 0. The molecule has 0 atom stereocenters. The molecule has 19 heavy (non-hydrogen) atoms. The molecule has 2 rings (SSSR count). The molecule has 6 nitrogen and oxygen atoms in total. The van der Waals surface area contributed by atoms with Gasteiger partial charge in [-0.2, -0.15) is 0 Å². The van der Waals surface area contributed by atoms with E-state index in [9.17, 15) is 8.42 Å². The van der Waals surface area contributed by atoms with Crippen molar-refractivity contribution < 1.29 is 12.9 Å².